The molecule has 27 heavy (non-hydrogen) atoms. The van der Waals surface area contributed by atoms with Crippen LogP contribution in [0.3, 0.4) is 0 Å². The van der Waals surface area contributed by atoms with E-state index in [-0.39, 0.29) is 29.5 Å². The summed E-state index contributed by atoms with van der Waals surface area (Å²) in [5.74, 6) is -0.117. The molecule has 0 aliphatic heterocycles. The Balaban J connectivity index is 1.91. The van der Waals surface area contributed by atoms with Gasteiger partial charge in [-0.1, -0.05) is 0 Å². The molecular weight excluding hydrogens is 372 g/mol. The molecule has 1 amide bonds. The standard InChI is InChI=1S/C18H27ClN4O4/c1-5-26-15(24)13-10-20-16(19)23-14(13)21-11-6-8-12(9-7-11)22-17(25)27-18(2,3)4/h10-12H,5-9H2,1-4H3,(H,22,25)(H,20,21,23). The third kappa shape index (κ3) is 6.86. The topological polar surface area (TPSA) is 102 Å². The molecule has 9 heteroatoms. The lowest BCUT2D eigenvalue weighted by atomic mass is 9.91. The van der Waals surface area contributed by atoms with Gasteiger partial charge in [-0.25, -0.2) is 14.6 Å². The summed E-state index contributed by atoms with van der Waals surface area (Å²) in [6, 6.07) is 0.178. The van der Waals surface area contributed by atoms with E-state index in [4.69, 9.17) is 21.1 Å². The van der Waals surface area contributed by atoms with Crippen molar-refractivity contribution in [2.24, 2.45) is 0 Å². The molecule has 1 aromatic heterocycles. The van der Waals surface area contributed by atoms with Crippen molar-refractivity contribution in [3.63, 3.8) is 0 Å². The lowest BCUT2D eigenvalue weighted by molar-refractivity contribution is 0.0488. The third-order valence-electron chi connectivity index (χ3n) is 4.04. The monoisotopic (exact) mass is 398 g/mol. The van der Waals surface area contributed by atoms with E-state index in [1.807, 2.05) is 20.8 Å². The zero-order chi connectivity index (χ0) is 20.0. The number of halogens is 1. The Morgan fingerprint density at radius 3 is 2.44 bits per heavy atom. The Bertz CT molecular complexity index is 670. The fourth-order valence-electron chi connectivity index (χ4n) is 2.88. The van der Waals surface area contributed by atoms with Crippen LogP contribution in [-0.4, -0.2) is 46.3 Å². The quantitative estimate of drug-likeness (QED) is 0.577. The number of alkyl carbamates (subject to hydrolysis) is 1. The second kappa shape index (κ2) is 9.21. The summed E-state index contributed by atoms with van der Waals surface area (Å²) in [7, 11) is 0. The van der Waals surface area contributed by atoms with E-state index in [0.717, 1.165) is 25.7 Å². The highest BCUT2D eigenvalue weighted by molar-refractivity contribution is 6.28. The average Bonchev–Trinajstić information content (AvgIpc) is 2.55. The highest BCUT2D eigenvalue weighted by Gasteiger charge is 2.26. The van der Waals surface area contributed by atoms with Gasteiger partial charge in [-0.05, 0) is 65.0 Å². The number of ether oxygens (including phenoxy) is 2. The summed E-state index contributed by atoms with van der Waals surface area (Å²) in [4.78, 5) is 31.9. The van der Waals surface area contributed by atoms with Crippen LogP contribution in [0.15, 0.2) is 6.20 Å². The molecule has 0 unspecified atom stereocenters. The summed E-state index contributed by atoms with van der Waals surface area (Å²) < 4.78 is 10.3. The molecule has 1 saturated carbocycles. The summed E-state index contributed by atoms with van der Waals surface area (Å²) in [5, 5.41) is 6.23. The van der Waals surface area contributed by atoms with Crippen molar-refractivity contribution in [1.82, 2.24) is 15.3 Å². The smallest absolute Gasteiger partial charge is 0.407 e. The molecule has 0 radical (unpaired) electrons. The zero-order valence-corrected chi connectivity index (χ0v) is 16.9. The molecule has 8 nitrogen and oxygen atoms in total. The summed E-state index contributed by atoms with van der Waals surface area (Å²) in [6.07, 6.45) is 4.18. The van der Waals surface area contributed by atoms with E-state index >= 15 is 0 Å². The van der Waals surface area contributed by atoms with Crippen LogP contribution in [0.1, 0.15) is 63.7 Å². The number of aromatic nitrogens is 2. The second-order valence-electron chi connectivity index (χ2n) is 7.46. The van der Waals surface area contributed by atoms with Gasteiger partial charge in [0.15, 0.2) is 0 Å². The molecule has 1 fully saturated rings. The maximum Gasteiger partial charge on any atom is 0.407 e. The molecule has 2 N–H and O–H groups in total. The molecule has 0 atom stereocenters. The van der Waals surface area contributed by atoms with Crippen LogP contribution in [0, 0.1) is 0 Å². The van der Waals surface area contributed by atoms with Gasteiger partial charge in [-0.15, -0.1) is 0 Å². The first kappa shape index (κ1) is 21.2. The highest BCUT2D eigenvalue weighted by atomic mass is 35.5. The van der Waals surface area contributed by atoms with E-state index in [0.29, 0.717) is 5.82 Å². The number of anilines is 1. The van der Waals surface area contributed by atoms with Crippen molar-refractivity contribution in [2.45, 2.75) is 71.1 Å². The van der Waals surface area contributed by atoms with Gasteiger partial charge in [0.05, 0.1) is 6.61 Å². The van der Waals surface area contributed by atoms with Crippen LogP contribution < -0.4 is 10.6 Å². The highest BCUT2D eigenvalue weighted by Crippen LogP contribution is 2.24. The number of esters is 1. The maximum absolute atomic E-state index is 12.1. The van der Waals surface area contributed by atoms with E-state index in [1.54, 1.807) is 6.92 Å². The number of nitrogens with zero attached hydrogens (tertiary/aromatic N) is 2. The van der Waals surface area contributed by atoms with Gasteiger partial charge in [0, 0.05) is 18.3 Å². The fraction of sp³-hybridized carbons (Fsp3) is 0.667. The first-order valence-corrected chi connectivity index (χ1v) is 9.51. The van der Waals surface area contributed by atoms with E-state index in [9.17, 15) is 9.59 Å². The molecule has 1 heterocycles. The summed E-state index contributed by atoms with van der Waals surface area (Å²) in [6.45, 7) is 7.51. The molecule has 0 saturated heterocycles. The Labute approximate surface area is 164 Å². The van der Waals surface area contributed by atoms with Crippen molar-refractivity contribution in [2.75, 3.05) is 11.9 Å². The molecule has 1 aliphatic rings. The van der Waals surface area contributed by atoms with Gasteiger partial charge in [0.2, 0.25) is 5.28 Å². The number of hydrogen-bond acceptors (Lipinski definition) is 7. The Morgan fingerprint density at radius 2 is 1.85 bits per heavy atom. The largest absolute Gasteiger partial charge is 0.462 e. The van der Waals surface area contributed by atoms with Crippen molar-refractivity contribution >= 4 is 29.5 Å². The molecule has 0 aromatic carbocycles. The maximum atomic E-state index is 12.1. The van der Waals surface area contributed by atoms with Gasteiger partial charge < -0.3 is 20.1 Å². The van der Waals surface area contributed by atoms with Crippen molar-refractivity contribution in [1.29, 1.82) is 0 Å². The minimum atomic E-state index is -0.515. The first-order valence-electron chi connectivity index (χ1n) is 9.13. The van der Waals surface area contributed by atoms with Gasteiger partial charge in [-0.2, -0.15) is 4.98 Å². The number of amides is 1. The van der Waals surface area contributed by atoms with E-state index < -0.39 is 17.7 Å². The van der Waals surface area contributed by atoms with E-state index in [1.165, 1.54) is 6.20 Å². The van der Waals surface area contributed by atoms with Crippen LogP contribution in [0.5, 0.6) is 0 Å². The molecule has 0 spiro atoms. The van der Waals surface area contributed by atoms with Gasteiger partial charge in [0.25, 0.3) is 0 Å². The molecule has 2 rings (SSSR count). The lowest BCUT2D eigenvalue weighted by Gasteiger charge is -2.31. The van der Waals surface area contributed by atoms with Crippen LogP contribution in [0.4, 0.5) is 10.6 Å². The number of carbonyl (C=O) groups excluding carboxylic acids is 2. The number of rotatable bonds is 5. The predicted octanol–water partition coefficient (Wildman–Crippen LogP) is 3.55. The fourth-order valence-corrected chi connectivity index (χ4v) is 3.01. The number of carbonyl (C=O) groups is 2. The van der Waals surface area contributed by atoms with Gasteiger partial charge >= 0.3 is 12.1 Å². The molecule has 150 valence electrons. The molecular formula is C18H27ClN4O4. The van der Waals surface area contributed by atoms with Crippen LogP contribution in [0.25, 0.3) is 0 Å². The van der Waals surface area contributed by atoms with Crippen LogP contribution in [0.2, 0.25) is 5.28 Å². The van der Waals surface area contributed by atoms with Gasteiger partial charge in [0.1, 0.15) is 17.0 Å². The normalized spacial score (nSPS) is 19.9. The Kier molecular flexibility index (Phi) is 7.24. The second-order valence-corrected chi connectivity index (χ2v) is 7.80. The molecule has 0 bridgehead atoms. The summed E-state index contributed by atoms with van der Waals surface area (Å²) in [5.41, 5.74) is -0.256. The Hall–Kier alpha value is -2.09. The number of nitrogens with one attached hydrogen (secondary N) is 2. The zero-order valence-electron chi connectivity index (χ0n) is 16.2. The lowest BCUT2D eigenvalue weighted by Crippen LogP contribution is -2.42. The molecule has 1 aliphatic carbocycles. The van der Waals surface area contributed by atoms with Crippen LogP contribution >= 0.6 is 11.6 Å². The van der Waals surface area contributed by atoms with Crippen LogP contribution in [-0.2, 0) is 9.47 Å². The van der Waals surface area contributed by atoms with Crippen molar-refractivity contribution in [3.05, 3.63) is 17.0 Å². The third-order valence-corrected chi connectivity index (χ3v) is 4.23. The predicted molar refractivity (Wildman–Crippen MR) is 102 cm³/mol. The van der Waals surface area contributed by atoms with Crippen molar-refractivity contribution < 1.29 is 19.1 Å². The molecule has 1 aromatic rings. The van der Waals surface area contributed by atoms with Crippen molar-refractivity contribution in [3.8, 4) is 0 Å². The average molecular weight is 399 g/mol. The van der Waals surface area contributed by atoms with E-state index in [2.05, 4.69) is 20.6 Å². The minimum absolute atomic E-state index is 0.0610. The number of hydrogen-bond donors (Lipinski definition) is 2. The SMILES string of the molecule is CCOC(=O)c1cnc(Cl)nc1NC1CCC(NC(=O)OC(C)(C)C)CC1. The minimum Gasteiger partial charge on any atom is -0.462 e. The first-order chi connectivity index (χ1) is 12.7. The Morgan fingerprint density at radius 1 is 1.22 bits per heavy atom. The van der Waals surface area contributed by atoms with Gasteiger partial charge in [-0.3, -0.25) is 0 Å². The summed E-state index contributed by atoms with van der Waals surface area (Å²) >= 11 is 5.87.